The standard InChI is InChI=1S/C20H22N/c1-2-3-4-7-13-21-20-12-8-11-18-14-16-9-5-6-10-17(16)15-19(18)20/h5-6,8-12,14-15H,2-4,7,13H2,1H3. The van der Waals surface area contributed by atoms with Crippen LogP contribution < -0.4 is 5.32 Å². The van der Waals surface area contributed by atoms with E-state index in [-0.39, 0.29) is 0 Å². The van der Waals surface area contributed by atoms with Gasteiger partial charge in [-0.15, -0.1) is 0 Å². The zero-order valence-electron chi connectivity index (χ0n) is 12.7. The molecule has 0 bridgehead atoms. The predicted molar refractivity (Wildman–Crippen MR) is 92.3 cm³/mol. The van der Waals surface area contributed by atoms with Crippen LogP contribution in [0.2, 0.25) is 0 Å². The molecule has 0 aromatic heterocycles. The zero-order valence-corrected chi connectivity index (χ0v) is 12.7. The van der Waals surface area contributed by atoms with Crippen LogP contribution in [0.5, 0.6) is 0 Å². The SMILES string of the molecule is CCCCCC[N]c1cccc2cc3ccccc3cc12. The number of nitrogens with zero attached hydrogens (tertiary/aromatic N) is 1. The summed E-state index contributed by atoms with van der Waals surface area (Å²) in [5.41, 5.74) is 1.13. The fourth-order valence-electron chi connectivity index (χ4n) is 2.83. The van der Waals surface area contributed by atoms with Gasteiger partial charge in [-0.25, -0.2) is 0 Å². The second-order valence-electron chi connectivity index (χ2n) is 5.64. The Bertz CT molecular complexity index is 730. The third kappa shape index (κ3) is 3.18. The van der Waals surface area contributed by atoms with Crippen LogP contribution in [0.15, 0.2) is 54.6 Å². The Morgan fingerprint density at radius 1 is 0.762 bits per heavy atom. The highest BCUT2D eigenvalue weighted by Gasteiger charge is 2.03. The van der Waals surface area contributed by atoms with Gasteiger partial charge in [-0.05, 0) is 40.8 Å². The molecule has 1 heteroatoms. The first kappa shape index (κ1) is 13.9. The number of hydrogen-bond acceptors (Lipinski definition) is 0. The van der Waals surface area contributed by atoms with Crippen molar-refractivity contribution in [1.29, 1.82) is 0 Å². The molecule has 3 aromatic carbocycles. The summed E-state index contributed by atoms with van der Waals surface area (Å²) in [6.45, 7) is 3.18. The van der Waals surface area contributed by atoms with E-state index in [4.69, 9.17) is 5.32 Å². The minimum absolute atomic E-state index is 0.936. The van der Waals surface area contributed by atoms with Gasteiger partial charge in [0.2, 0.25) is 0 Å². The minimum Gasteiger partial charge on any atom is -0.285 e. The number of fused-ring (bicyclic) bond motifs is 2. The average Bonchev–Trinajstić information content (AvgIpc) is 2.53. The number of unbranched alkanes of at least 4 members (excludes halogenated alkanes) is 3. The summed E-state index contributed by atoms with van der Waals surface area (Å²) in [6, 6.07) is 19.5. The maximum absolute atomic E-state index is 4.81. The van der Waals surface area contributed by atoms with Crippen molar-refractivity contribution in [3.05, 3.63) is 54.6 Å². The maximum Gasteiger partial charge on any atom is 0.0652 e. The van der Waals surface area contributed by atoms with Crippen molar-refractivity contribution in [2.45, 2.75) is 32.6 Å². The number of benzene rings is 3. The lowest BCUT2D eigenvalue weighted by molar-refractivity contribution is 0.645. The Hall–Kier alpha value is -2.02. The van der Waals surface area contributed by atoms with Crippen LogP contribution in [-0.2, 0) is 0 Å². The molecule has 107 valence electrons. The first-order chi connectivity index (χ1) is 10.4. The molecule has 0 N–H and O–H groups in total. The van der Waals surface area contributed by atoms with E-state index >= 15 is 0 Å². The fraction of sp³-hybridized carbons (Fsp3) is 0.300. The van der Waals surface area contributed by atoms with Crippen molar-refractivity contribution in [2.24, 2.45) is 0 Å². The molecule has 3 rings (SSSR count). The molecule has 0 aliphatic rings. The molecule has 3 aromatic rings. The Morgan fingerprint density at radius 2 is 1.52 bits per heavy atom. The summed E-state index contributed by atoms with van der Waals surface area (Å²) in [7, 11) is 0. The summed E-state index contributed by atoms with van der Waals surface area (Å²) in [6.07, 6.45) is 5.07. The van der Waals surface area contributed by atoms with Crippen LogP contribution in [0.4, 0.5) is 5.69 Å². The predicted octanol–water partition coefficient (Wildman–Crippen LogP) is 5.81. The number of rotatable bonds is 6. The van der Waals surface area contributed by atoms with E-state index in [0.717, 1.165) is 12.2 Å². The van der Waals surface area contributed by atoms with E-state index in [0.29, 0.717) is 0 Å². The number of hydrogen-bond donors (Lipinski definition) is 0. The molecule has 0 fully saturated rings. The molecule has 0 atom stereocenters. The van der Waals surface area contributed by atoms with E-state index in [2.05, 4.69) is 61.5 Å². The van der Waals surface area contributed by atoms with Gasteiger partial charge in [-0.3, -0.25) is 5.32 Å². The van der Waals surface area contributed by atoms with Gasteiger partial charge < -0.3 is 0 Å². The lowest BCUT2D eigenvalue weighted by Crippen LogP contribution is -2.00. The lowest BCUT2D eigenvalue weighted by Gasteiger charge is -2.09. The molecule has 1 nitrogen and oxygen atoms in total. The molecule has 0 aliphatic carbocycles. The van der Waals surface area contributed by atoms with Gasteiger partial charge in [-0.2, -0.15) is 0 Å². The van der Waals surface area contributed by atoms with Crippen LogP contribution in [0.1, 0.15) is 32.6 Å². The van der Waals surface area contributed by atoms with Crippen LogP contribution in [0.25, 0.3) is 21.5 Å². The van der Waals surface area contributed by atoms with E-state index < -0.39 is 0 Å². The third-order valence-electron chi connectivity index (χ3n) is 4.02. The normalized spacial score (nSPS) is 11.1. The third-order valence-corrected chi connectivity index (χ3v) is 4.02. The molecular weight excluding hydrogens is 254 g/mol. The van der Waals surface area contributed by atoms with Crippen LogP contribution in [0, 0.1) is 0 Å². The van der Waals surface area contributed by atoms with Crippen molar-refractivity contribution in [3.63, 3.8) is 0 Å². The molecule has 21 heavy (non-hydrogen) atoms. The zero-order chi connectivity index (χ0) is 14.5. The van der Waals surface area contributed by atoms with Crippen molar-refractivity contribution in [1.82, 2.24) is 5.32 Å². The maximum atomic E-state index is 4.81. The highest BCUT2D eigenvalue weighted by atomic mass is 14.9. The molecule has 0 aliphatic heterocycles. The summed E-state index contributed by atoms with van der Waals surface area (Å²) in [5.74, 6) is 0. The second kappa shape index (κ2) is 6.62. The minimum atomic E-state index is 0.936. The van der Waals surface area contributed by atoms with Gasteiger partial charge in [0.05, 0.1) is 5.69 Å². The van der Waals surface area contributed by atoms with Gasteiger partial charge in [0, 0.05) is 11.9 Å². The molecule has 0 amide bonds. The van der Waals surface area contributed by atoms with Crippen LogP contribution >= 0.6 is 0 Å². The first-order valence-electron chi connectivity index (χ1n) is 7.97. The highest BCUT2D eigenvalue weighted by Crippen LogP contribution is 2.28. The van der Waals surface area contributed by atoms with Crippen molar-refractivity contribution in [3.8, 4) is 0 Å². The Labute approximate surface area is 127 Å². The Balaban J connectivity index is 1.86. The van der Waals surface area contributed by atoms with E-state index in [9.17, 15) is 0 Å². The van der Waals surface area contributed by atoms with Gasteiger partial charge >= 0.3 is 0 Å². The molecule has 0 heterocycles. The smallest absolute Gasteiger partial charge is 0.0652 e. The van der Waals surface area contributed by atoms with Crippen LogP contribution in [-0.4, -0.2) is 6.54 Å². The Kier molecular flexibility index (Phi) is 4.40. The summed E-state index contributed by atoms with van der Waals surface area (Å²) >= 11 is 0. The van der Waals surface area contributed by atoms with Gasteiger partial charge in [-0.1, -0.05) is 62.6 Å². The van der Waals surface area contributed by atoms with E-state index in [1.165, 1.54) is 47.2 Å². The molecule has 0 saturated carbocycles. The lowest BCUT2D eigenvalue weighted by atomic mass is 10.0. The summed E-state index contributed by atoms with van der Waals surface area (Å²) in [5, 5.41) is 9.95. The van der Waals surface area contributed by atoms with Gasteiger partial charge in [0.1, 0.15) is 0 Å². The summed E-state index contributed by atoms with van der Waals surface area (Å²) < 4.78 is 0. The molecular formula is C20H22N. The quantitative estimate of drug-likeness (QED) is 0.398. The first-order valence-corrected chi connectivity index (χ1v) is 7.97. The Morgan fingerprint density at radius 3 is 2.33 bits per heavy atom. The van der Waals surface area contributed by atoms with E-state index in [1.54, 1.807) is 0 Å². The van der Waals surface area contributed by atoms with E-state index in [1.807, 2.05) is 0 Å². The molecule has 0 unspecified atom stereocenters. The fourth-order valence-corrected chi connectivity index (χ4v) is 2.83. The molecule has 0 spiro atoms. The molecule has 0 saturated heterocycles. The van der Waals surface area contributed by atoms with Gasteiger partial charge in [0.15, 0.2) is 0 Å². The monoisotopic (exact) mass is 276 g/mol. The largest absolute Gasteiger partial charge is 0.285 e. The van der Waals surface area contributed by atoms with Crippen molar-refractivity contribution >= 4 is 27.2 Å². The second-order valence-corrected chi connectivity index (χ2v) is 5.64. The molecule has 1 radical (unpaired) electrons. The average molecular weight is 276 g/mol. The van der Waals surface area contributed by atoms with Gasteiger partial charge in [0.25, 0.3) is 0 Å². The van der Waals surface area contributed by atoms with Crippen LogP contribution in [0.3, 0.4) is 0 Å². The van der Waals surface area contributed by atoms with Crippen molar-refractivity contribution in [2.75, 3.05) is 6.54 Å². The van der Waals surface area contributed by atoms with Crippen molar-refractivity contribution < 1.29 is 0 Å². The topological polar surface area (TPSA) is 14.1 Å². The summed E-state index contributed by atoms with van der Waals surface area (Å²) in [4.78, 5) is 0. The highest BCUT2D eigenvalue weighted by molar-refractivity contribution is 6.02.